The van der Waals surface area contributed by atoms with Gasteiger partial charge in [-0.3, -0.25) is 5.10 Å². The van der Waals surface area contributed by atoms with Gasteiger partial charge in [0.15, 0.2) is 5.82 Å². The molecule has 1 N–H and O–H groups in total. The van der Waals surface area contributed by atoms with E-state index in [2.05, 4.69) is 19.9 Å². The third kappa shape index (κ3) is 3.37. The van der Waals surface area contributed by atoms with E-state index in [4.69, 9.17) is 0 Å². The molecule has 0 atom stereocenters. The molecule has 0 aliphatic heterocycles. The van der Waals surface area contributed by atoms with Gasteiger partial charge in [0.25, 0.3) is 0 Å². The van der Waals surface area contributed by atoms with E-state index in [9.17, 15) is 17.6 Å². The van der Waals surface area contributed by atoms with Crippen molar-refractivity contribution >= 4 is 0 Å². The number of para-hydroxylation sites is 1. The zero-order valence-corrected chi connectivity index (χ0v) is 12.4. The van der Waals surface area contributed by atoms with Crippen LogP contribution in [0, 0.1) is 12.7 Å². The second-order valence-corrected chi connectivity index (χ2v) is 4.98. The molecule has 3 aromatic rings. The van der Waals surface area contributed by atoms with Crippen LogP contribution in [0.1, 0.15) is 5.82 Å². The van der Waals surface area contributed by atoms with Crippen molar-refractivity contribution in [2.75, 3.05) is 0 Å². The zero-order chi connectivity index (χ0) is 17.3. The summed E-state index contributed by atoms with van der Waals surface area (Å²) >= 11 is 0. The zero-order valence-electron chi connectivity index (χ0n) is 12.4. The summed E-state index contributed by atoms with van der Waals surface area (Å²) in [5.41, 5.74) is 0.425. The molecule has 0 unspecified atom stereocenters. The van der Waals surface area contributed by atoms with Gasteiger partial charge in [0, 0.05) is 16.7 Å². The van der Waals surface area contributed by atoms with E-state index in [0.29, 0.717) is 17.2 Å². The Hall–Kier alpha value is -2.90. The number of aromatic nitrogens is 3. The van der Waals surface area contributed by atoms with Gasteiger partial charge in [-0.1, -0.05) is 18.2 Å². The van der Waals surface area contributed by atoms with Crippen LogP contribution in [0.2, 0.25) is 0 Å². The number of H-pyrrole nitrogens is 1. The maximum absolute atomic E-state index is 14.2. The average Bonchev–Trinajstić information content (AvgIpc) is 2.94. The maximum Gasteiger partial charge on any atom is 0.573 e. The van der Waals surface area contributed by atoms with Crippen LogP contribution in [-0.4, -0.2) is 21.5 Å². The Bertz CT molecular complexity index is 874. The third-order valence-corrected chi connectivity index (χ3v) is 3.22. The predicted molar refractivity (Wildman–Crippen MR) is 78.6 cm³/mol. The highest BCUT2D eigenvalue weighted by Crippen LogP contribution is 2.36. The molecule has 0 bridgehead atoms. The summed E-state index contributed by atoms with van der Waals surface area (Å²) in [7, 11) is 0. The lowest BCUT2D eigenvalue weighted by Gasteiger charge is -2.14. The normalized spacial score (nSPS) is 11.5. The molecule has 0 radical (unpaired) electrons. The van der Waals surface area contributed by atoms with Crippen molar-refractivity contribution in [3.05, 3.63) is 54.1 Å². The van der Waals surface area contributed by atoms with Crippen LogP contribution in [0.3, 0.4) is 0 Å². The van der Waals surface area contributed by atoms with Crippen LogP contribution in [0.4, 0.5) is 17.6 Å². The van der Waals surface area contributed by atoms with Crippen molar-refractivity contribution in [3.63, 3.8) is 0 Å². The Kier molecular flexibility index (Phi) is 3.96. The highest BCUT2D eigenvalue weighted by molar-refractivity contribution is 5.75. The first-order chi connectivity index (χ1) is 11.3. The fraction of sp³-hybridized carbons (Fsp3) is 0.125. The molecule has 2 aromatic carbocycles. The van der Waals surface area contributed by atoms with E-state index in [0.717, 1.165) is 12.1 Å². The first-order valence-electron chi connectivity index (χ1n) is 6.87. The van der Waals surface area contributed by atoms with Gasteiger partial charge in [-0.2, -0.15) is 5.10 Å². The van der Waals surface area contributed by atoms with Gasteiger partial charge in [-0.05, 0) is 31.2 Å². The van der Waals surface area contributed by atoms with Gasteiger partial charge < -0.3 is 4.74 Å². The first kappa shape index (κ1) is 16.0. The third-order valence-electron chi connectivity index (χ3n) is 3.22. The van der Waals surface area contributed by atoms with Crippen LogP contribution < -0.4 is 4.74 Å². The number of rotatable bonds is 3. The van der Waals surface area contributed by atoms with E-state index >= 15 is 0 Å². The summed E-state index contributed by atoms with van der Waals surface area (Å²) in [6, 6.07) is 9.36. The van der Waals surface area contributed by atoms with Crippen LogP contribution in [-0.2, 0) is 0 Å². The number of hydrogen-bond donors (Lipinski definition) is 1. The van der Waals surface area contributed by atoms with Gasteiger partial charge in [0.05, 0.1) is 0 Å². The molecule has 124 valence electrons. The van der Waals surface area contributed by atoms with Gasteiger partial charge >= 0.3 is 6.36 Å². The first-order valence-corrected chi connectivity index (χ1v) is 6.87. The summed E-state index contributed by atoms with van der Waals surface area (Å²) in [4.78, 5) is 4.13. The largest absolute Gasteiger partial charge is 0.573 e. The second kappa shape index (κ2) is 5.95. The summed E-state index contributed by atoms with van der Waals surface area (Å²) in [5, 5.41) is 6.62. The number of benzene rings is 2. The van der Waals surface area contributed by atoms with Crippen molar-refractivity contribution in [2.24, 2.45) is 0 Å². The van der Waals surface area contributed by atoms with Crippen LogP contribution >= 0.6 is 0 Å². The fourth-order valence-electron chi connectivity index (χ4n) is 2.25. The lowest BCUT2D eigenvalue weighted by Crippen LogP contribution is -2.17. The standard InChI is InChI=1S/C16H11F4N3O/c1-9-21-15(23-22-9)10-6-7-13(17)12(8-10)11-4-2-3-5-14(11)24-16(18,19)20/h2-8H,1H3,(H,21,22,23). The molecule has 0 amide bonds. The predicted octanol–water partition coefficient (Wildman–Crippen LogP) is 4.48. The van der Waals surface area contributed by atoms with Gasteiger partial charge in [0.2, 0.25) is 0 Å². The van der Waals surface area contributed by atoms with Gasteiger partial charge in [0.1, 0.15) is 17.4 Å². The Morgan fingerprint density at radius 1 is 1.04 bits per heavy atom. The average molecular weight is 337 g/mol. The van der Waals surface area contributed by atoms with E-state index in [1.807, 2.05) is 0 Å². The smallest absolute Gasteiger partial charge is 0.405 e. The topological polar surface area (TPSA) is 50.8 Å². The molecular formula is C16H11F4N3O. The molecule has 0 saturated carbocycles. The monoisotopic (exact) mass is 337 g/mol. The number of alkyl halides is 3. The minimum absolute atomic E-state index is 0.0126. The Morgan fingerprint density at radius 2 is 1.79 bits per heavy atom. The molecule has 0 fully saturated rings. The minimum Gasteiger partial charge on any atom is -0.405 e. The number of halogens is 4. The van der Waals surface area contributed by atoms with Crippen LogP contribution in [0.25, 0.3) is 22.5 Å². The Morgan fingerprint density at radius 3 is 2.46 bits per heavy atom. The molecular weight excluding hydrogens is 326 g/mol. The van der Waals surface area contributed by atoms with E-state index in [-0.39, 0.29) is 11.1 Å². The molecule has 1 aromatic heterocycles. The number of aryl methyl sites for hydroxylation is 1. The molecule has 24 heavy (non-hydrogen) atoms. The minimum atomic E-state index is -4.87. The van der Waals surface area contributed by atoms with E-state index in [1.54, 1.807) is 6.92 Å². The van der Waals surface area contributed by atoms with Crippen molar-refractivity contribution < 1.29 is 22.3 Å². The number of ether oxygens (including phenoxy) is 1. The fourth-order valence-corrected chi connectivity index (χ4v) is 2.25. The quantitative estimate of drug-likeness (QED) is 0.717. The lowest BCUT2D eigenvalue weighted by molar-refractivity contribution is -0.274. The number of hydrogen-bond acceptors (Lipinski definition) is 3. The van der Waals surface area contributed by atoms with Crippen molar-refractivity contribution in [1.82, 2.24) is 15.2 Å². The highest BCUT2D eigenvalue weighted by Gasteiger charge is 2.32. The molecule has 1 heterocycles. The molecule has 0 spiro atoms. The molecule has 8 heteroatoms. The molecule has 0 aliphatic rings. The number of nitrogens with zero attached hydrogens (tertiary/aromatic N) is 2. The number of aromatic amines is 1. The Labute approximate surface area is 134 Å². The molecule has 3 rings (SSSR count). The van der Waals surface area contributed by atoms with Crippen LogP contribution in [0.15, 0.2) is 42.5 Å². The molecule has 0 aliphatic carbocycles. The Balaban J connectivity index is 2.10. The lowest BCUT2D eigenvalue weighted by atomic mass is 10.0. The molecule has 4 nitrogen and oxygen atoms in total. The van der Waals surface area contributed by atoms with Crippen molar-refractivity contribution in [1.29, 1.82) is 0 Å². The van der Waals surface area contributed by atoms with E-state index < -0.39 is 17.9 Å². The SMILES string of the molecule is Cc1nc(-c2ccc(F)c(-c3ccccc3OC(F)(F)F)c2)n[nH]1. The summed E-state index contributed by atoms with van der Waals surface area (Å²) in [6.07, 6.45) is -4.87. The summed E-state index contributed by atoms with van der Waals surface area (Å²) in [6.45, 7) is 1.70. The second-order valence-electron chi connectivity index (χ2n) is 4.98. The van der Waals surface area contributed by atoms with Crippen molar-refractivity contribution in [2.45, 2.75) is 13.3 Å². The molecule has 0 saturated heterocycles. The summed E-state index contributed by atoms with van der Waals surface area (Å²) < 4.78 is 55.8. The van der Waals surface area contributed by atoms with E-state index in [1.165, 1.54) is 30.3 Å². The number of nitrogens with one attached hydrogen (secondary N) is 1. The highest BCUT2D eigenvalue weighted by atomic mass is 19.4. The van der Waals surface area contributed by atoms with Gasteiger partial charge in [-0.15, -0.1) is 13.2 Å². The van der Waals surface area contributed by atoms with Gasteiger partial charge in [-0.25, -0.2) is 9.37 Å². The van der Waals surface area contributed by atoms with Crippen molar-refractivity contribution in [3.8, 4) is 28.3 Å². The summed E-state index contributed by atoms with van der Waals surface area (Å²) in [5.74, 6) is -0.267. The maximum atomic E-state index is 14.2. The van der Waals surface area contributed by atoms with Crippen LogP contribution in [0.5, 0.6) is 5.75 Å².